The molecule has 0 bridgehead atoms. The third kappa shape index (κ3) is 2.91. The molecule has 2 aromatic rings. The van der Waals surface area contributed by atoms with Crippen LogP contribution in [0.1, 0.15) is 30.7 Å². The van der Waals surface area contributed by atoms with E-state index in [1.165, 1.54) is 23.1 Å². The van der Waals surface area contributed by atoms with Crippen molar-refractivity contribution in [1.29, 1.82) is 0 Å². The topological polar surface area (TPSA) is 20.3 Å². The molecule has 0 N–H and O–H groups in total. The molecule has 1 aliphatic heterocycles. The molecular formula is C20H20INO. The van der Waals surface area contributed by atoms with Gasteiger partial charge in [-0.1, -0.05) is 54.6 Å². The molecule has 2 fully saturated rings. The number of carbonyl (C=O) groups is 1. The number of benzene rings is 2. The first-order valence-electron chi connectivity index (χ1n) is 8.28. The number of amides is 1. The summed E-state index contributed by atoms with van der Waals surface area (Å²) in [7, 11) is 0. The Balaban J connectivity index is 1.46. The number of rotatable bonds is 2. The molecule has 1 saturated heterocycles. The second-order valence-electron chi connectivity index (χ2n) is 6.85. The summed E-state index contributed by atoms with van der Waals surface area (Å²) in [4.78, 5) is 13.5. The third-order valence-corrected chi connectivity index (χ3v) is 6.30. The number of carbonyl (C=O) groups excluding carboxylic acids is 1. The van der Waals surface area contributed by atoms with Crippen LogP contribution >= 0.6 is 22.6 Å². The van der Waals surface area contributed by atoms with Gasteiger partial charge in [0.2, 0.25) is 0 Å². The smallest absolute Gasteiger partial charge is 0.283 e. The zero-order chi connectivity index (χ0) is 15.9. The Morgan fingerprint density at radius 3 is 2.17 bits per heavy atom. The Morgan fingerprint density at radius 1 is 0.957 bits per heavy atom. The van der Waals surface area contributed by atoms with Gasteiger partial charge in [-0.3, -0.25) is 4.79 Å². The second-order valence-corrected chi connectivity index (χ2v) is 7.77. The molecule has 1 aliphatic carbocycles. The van der Waals surface area contributed by atoms with Crippen LogP contribution in [0.3, 0.4) is 0 Å². The van der Waals surface area contributed by atoms with Crippen LogP contribution in [0.5, 0.6) is 0 Å². The predicted molar refractivity (Wildman–Crippen MR) is 102 cm³/mol. The molecule has 2 nitrogen and oxygen atoms in total. The molecule has 2 aromatic carbocycles. The van der Waals surface area contributed by atoms with Gasteiger partial charge < -0.3 is 4.90 Å². The average Bonchev–Trinajstić information content (AvgIpc) is 3.29. The normalized spacial score (nSPS) is 22.1. The number of halogens is 1. The highest BCUT2D eigenvalue weighted by atomic mass is 127. The number of hydrogen-bond acceptors (Lipinski definition) is 1. The highest BCUT2D eigenvalue weighted by Gasteiger charge is 2.55. The van der Waals surface area contributed by atoms with E-state index in [4.69, 9.17) is 0 Å². The van der Waals surface area contributed by atoms with Gasteiger partial charge >= 0.3 is 0 Å². The molecule has 118 valence electrons. The van der Waals surface area contributed by atoms with Crippen molar-refractivity contribution in [2.45, 2.75) is 25.2 Å². The first kappa shape index (κ1) is 15.2. The number of likely N-dealkylation sites (tertiary alicyclic amines) is 1. The lowest BCUT2D eigenvalue weighted by Crippen LogP contribution is -2.36. The Kier molecular flexibility index (Phi) is 3.92. The summed E-state index contributed by atoms with van der Waals surface area (Å²) in [5, 5.41) is 0. The van der Waals surface area contributed by atoms with Crippen LogP contribution in [0, 0.1) is 5.41 Å². The van der Waals surface area contributed by atoms with Gasteiger partial charge in [-0.05, 0) is 47.3 Å². The summed E-state index contributed by atoms with van der Waals surface area (Å²) < 4.78 is 0.196. The zero-order valence-corrected chi connectivity index (χ0v) is 15.2. The van der Waals surface area contributed by atoms with Crippen LogP contribution in [0.25, 0.3) is 11.1 Å². The van der Waals surface area contributed by atoms with Crippen molar-refractivity contribution < 1.29 is 4.79 Å². The highest BCUT2D eigenvalue weighted by Crippen LogP contribution is 2.65. The average molecular weight is 417 g/mol. The zero-order valence-electron chi connectivity index (χ0n) is 13.0. The van der Waals surface area contributed by atoms with E-state index >= 15 is 0 Å². The van der Waals surface area contributed by atoms with Crippen molar-refractivity contribution >= 4 is 26.5 Å². The van der Waals surface area contributed by atoms with Crippen molar-refractivity contribution in [3.63, 3.8) is 0 Å². The van der Waals surface area contributed by atoms with Gasteiger partial charge in [-0.2, -0.15) is 0 Å². The minimum Gasteiger partial charge on any atom is -0.334 e. The van der Waals surface area contributed by atoms with Crippen LogP contribution < -0.4 is 0 Å². The summed E-state index contributed by atoms with van der Waals surface area (Å²) in [6.07, 6.45) is 3.61. The minimum atomic E-state index is 0.196. The Bertz CT molecular complexity index is 702. The molecule has 1 heterocycles. The lowest BCUT2D eigenvalue weighted by atomic mass is 9.88. The van der Waals surface area contributed by atoms with Gasteiger partial charge in [-0.25, -0.2) is 0 Å². The van der Waals surface area contributed by atoms with Gasteiger partial charge in [0.15, 0.2) is 0 Å². The van der Waals surface area contributed by atoms with E-state index in [2.05, 4.69) is 54.6 Å². The summed E-state index contributed by atoms with van der Waals surface area (Å²) in [5.41, 5.74) is 4.50. The molecule has 23 heavy (non-hydrogen) atoms. The van der Waals surface area contributed by atoms with Gasteiger partial charge in [0, 0.05) is 35.7 Å². The summed E-state index contributed by atoms with van der Waals surface area (Å²) in [6, 6.07) is 19.6. The van der Waals surface area contributed by atoms with Crippen molar-refractivity contribution in [2.75, 3.05) is 13.1 Å². The molecule has 4 rings (SSSR count). The molecule has 1 unspecified atom stereocenters. The van der Waals surface area contributed by atoms with E-state index in [9.17, 15) is 4.79 Å². The molecule has 0 radical (unpaired) electrons. The number of piperidine rings is 1. The first-order valence-corrected chi connectivity index (χ1v) is 9.36. The Morgan fingerprint density at radius 2 is 1.57 bits per heavy atom. The van der Waals surface area contributed by atoms with E-state index in [0.717, 1.165) is 25.9 Å². The number of hydrogen-bond donors (Lipinski definition) is 0. The fraction of sp³-hybridized carbons (Fsp3) is 0.350. The molecule has 0 aromatic heterocycles. The highest BCUT2D eigenvalue weighted by molar-refractivity contribution is 14.1. The van der Waals surface area contributed by atoms with Crippen LogP contribution in [0.2, 0.25) is 0 Å². The van der Waals surface area contributed by atoms with E-state index < -0.39 is 0 Å². The third-order valence-electron chi connectivity index (χ3n) is 5.62. The Hall–Kier alpha value is -1.36. The summed E-state index contributed by atoms with van der Waals surface area (Å²) in [6.45, 7) is 1.86. The molecule has 1 saturated carbocycles. The van der Waals surface area contributed by atoms with Gasteiger partial charge in [0.05, 0.1) is 0 Å². The number of nitrogens with zero attached hydrogens (tertiary/aromatic N) is 1. The minimum absolute atomic E-state index is 0.196. The second kappa shape index (κ2) is 5.93. The van der Waals surface area contributed by atoms with Crippen molar-refractivity contribution in [1.82, 2.24) is 4.90 Å². The summed E-state index contributed by atoms with van der Waals surface area (Å²) >= 11 is 1.91. The molecule has 1 amide bonds. The van der Waals surface area contributed by atoms with E-state index in [-0.39, 0.29) is 3.91 Å². The molecular weight excluding hydrogens is 397 g/mol. The predicted octanol–water partition coefficient (Wildman–Crippen LogP) is 5.48. The van der Waals surface area contributed by atoms with E-state index in [1.807, 2.05) is 27.5 Å². The maximum Gasteiger partial charge on any atom is 0.283 e. The summed E-state index contributed by atoms with van der Waals surface area (Å²) in [5.74, 6) is 0.693. The largest absolute Gasteiger partial charge is 0.334 e. The fourth-order valence-electron chi connectivity index (χ4n) is 4.04. The molecule has 3 heteroatoms. The lowest BCUT2D eigenvalue weighted by Gasteiger charge is -2.31. The molecule has 1 spiro atoms. The van der Waals surface area contributed by atoms with Crippen molar-refractivity contribution in [2.24, 2.45) is 5.41 Å². The lowest BCUT2D eigenvalue weighted by molar-refractivity contribution is 0.186. The van der Waals surface area contributed by atoms with Crippen LogP contribution in [-0.2, 0) is 0 Å². The SMILES string of the molecule is O=C(I)N1CCC2(CC1)CC2c1ccc(-c2ccccc2)cc1. The van der Waals surface area contributed by atoms with Crippen LogP contribution in [0.15, 0.2) is 54.6 Å². The maximum absolute atomic E-state index is 11.5. The first-order chi connectivity index (χ1) is 11.2. The van der Waals surface area contributed by atoms with Crippen molar-refractivity contribution in [3.05, 3.63) is 60.2 Å². The van der Waals surface area contributed by atoms with Gasteiger partial charge in [0.25, 0.3) is 3.91 Å². The Labute approximate surface area is 151 Å². The van der Waals surface area contributed by atoms with Crippen LogP contribution in [0.4, 0.5) is 4.79 Å². The van der Waals surface area contributed by atoms with Crippen molar-refractivity contribution in [3.8, 4) is 11.1 Å². The standard InChI is InChI=1S/C20H20INO/c21-19(23)22-12-10-20(11-13-22)14-18(20)17-8-6-16(7-9-17)15-4-2-1-3-5-15/h1-9,18H,10-14H2. The van der Waals surface area contributed by atoms with Gasteiger partial charge in [0.1, 0.15) is 0 Å². The monoisotopic (exact) mass is 417 g/mol. The quantitative estimate of drug-likeness (QED) is 0.360. The van der Waals surface area contributed by atoms with Gasteiger partial charge in [-0.15, -0.1) is 0 Å². The fourth-order valence-corrected chi connectivity index (χ4v) is 4.52. The van der Waals surface area contributed by atoms with E-state index in [1.54, 1.807) is 0 Å². The molecule has 2 aliphatic rings. The van der Waals surface area contributed by atoms with E-state index in [0.29, 0.717) is 11.3 Å². The van der Waals surface area contributed by atoms with Crippen LogP contribution in [-0.4, -0.2) is 21.9 Å². The molecule has 1 atom stereocenters. The maximum atomic E-state index is 11.5.